The Balaban J connectivity index is 2.74. The molecule has 0 fully saturated rings. The Kier molecular flexibility index (Phi) is 3.68. The highest BCUT2D eigenvalue weighted by atomic mass is 16.4. The molecule has 72 valence electrons. The van der Waals surface area contributed by atoms with Gasteiger partial charge in [0.25, 0.3) is 0 Å². The van der Waals surface area contributed by atoms with Crippen LogP contribution in [0.1, 0.15) is 12.5 Å². The number of rotatable bonds is 3. The van der Waals surface area contributed by atoms with Crippen LogP contribution in [0.3, 0.4) is 0 Å². The van der Waals surface area contributed by atoms with Gasteiger partial charge in [0.15, 0.2) is 0 Å². The Hall–Kier alpha value is -1.83. The van der Waals surface area contributed by atoms with E-state index in [1.54, 1.807) is 6.08 Å². The van der Waals surface area contributed by atoms with Crippen LogP contribution in [0.4, 0.5) is 0 Å². The van der Waals surface area contributed by atoms with Crippen LogP contribution in [0.2, 0.25) is 0 Å². The van der Waals surface area contributed by atoms with Gasteiger partial charge in [0, 0.05) is 6.08 Å². The molecule has 1 aromatic carbocycles. The summed E-state index contributed by atoms with van der Waals surface area (Å²) in [6.45, 7) is 1.87. The lowest BCUT2D eigenvalue weighted by Gasteiger charge is -1.93. The minimum Gasteiger partial charge on any atom is -0.478 e. The average molecular weight is 188 g/mol. The van der Waals surface area contributed by atoms with Gasteiger partial charge in [-0.2, -0.15) is 0 Å². The summed E-state index contributed by atoms with van der Waals surface area (Å²) in [5.41, 5.74) is 1.98. The van der Waals surface area contributed by atoms with Crippen molar-refractivity contribution in [2.24, 2.45) is 0 Å². The summed E-state index contributed by atoms with van der Waals surface area (Å²) in [6, 6.07) is 9.77. The fraction of sp³-hybridized carbons (Fsp3) is 0.0833. The van der Waals surface area contributed by atoms with Gasteiger partial charge in [-0.25, -0.2) is 4.79 Å². The molecular formula is C12H12O2. The van der Waals surface area contributed by atoms with Crippen LogP contribution in [-0.4, -0.2) is 11.1 Å². The van der Waals surface area contributed by atoms with E-state index in [1.807, 2.05) is 43.3 Å². The Labute approximate surface area is 83.2 Å². The lowest BCUT2D eigenvalue weighted by Crippen LogP contribution is -1.85. The number of aliphatic carboxylic acids is 1. The molecule has 0 spiro atoms. The molecule has 0 saturated carbocycles. The molecule has 0 bridgehead atoms. The monoisotopic (exact) mass is 188 g/mol. The summed E-state index contributed by atoms with van der Waals surface area (Å²) in [7, 11) is 0. The number of hydrogen-bond donors (Lipinski definition) is 1. The van der Waals surface area contributed by atoms with Gasteiger partial charge in [0.05, 0.1) is 0 Å². The molecule has 0 aliphatic carbocycles. The van der Waals surface area contributed by atoms with Crippen LogP contribution in [0.25, 0.3) is 6.08 Å². The molecule has 0 unspecified atom stereocenters. The molecule has 0 radical (unpaired) electrons. The fourth-order valence-electron chi connectivity index (χ4n) is 1.06. The lowest BCUT2D eigenvalue weighted by molar-refractivity contribution is -0.131. The van der Waals surface area contributed by atoms with Crippen LogP contribution in [0.15, 0.2) is 48.1 Å². The van der Waals surface area contributed by atoms with E-state index in [2.05, 4.69) is 0 Å². The first kappa shape index (κ1) is 10.3. The minimum absolute atomic E-state index is 0.915. The average Bonchev–Trinajstić information content (AvgIpc) is 2.16. The van der Waals surface area contributed by atoms with Gasteiger partial charge in [-0.1, -0.05) is 48.1 Å². The first-order chi connectivity index (χ1) is 6.68. The van der Waals surface area contributed by atoms with Crippen molar-refractivity contribution in [1.29, 1.82) is 0 Å². The zero-order chi connectivity index (χ0) is 10.4. The van der Waals surface area contributed by atoms with E-state index in [0.717, 1.165) is 17.2 Å². The van der Waals surface area contributed by atoms with Crippen molar-refractivity contribution >= 4 is 12.0 Å². The number of hydrogen-bond acceptors (Lipinski definition) is 1. The van der Waals surface area contributed by atoms with E-state index < -0.39 is 5.97 Å². The van der Waals surface area contributed by atoms with Crippen LogP contribution < -0.4 is 0 Å². The van der Waals surface area contributed by atoms with E-state index in [4.69, 9.17) is 5.11 Å². The van der Waals surface area contributed by atoms with Crippen molar-refractivity contribution in [1.82, 2.24) is 0 Å². The molecule has 1 N–H and O–H groups in total. The maximum atomic E-state index is 10.2. The van der Waals surface area contributed by atoms with Crippen LogP contribution in [0, 0.1) is 0 Å². The van der Waals surface area contributed by atoms with E-state index in [-0.39, 0.29) is 0 Å². The van der Waals surface area contributed by atoms with Crippen LogP contribution in [0.5, 0.6) is 0 Å². The number of carboxylic acids is 1. The second kappa shape index (κ2) is 5.02. The third-order valence-electron chi connectivity index (χ3n) is 1.68. The van der Waals surface area contributed by atoms with E-state index in [1.165, 1.54) is 0 Å². The van der Waals surface area contributed by atoms with Crippen molar-refractivity contribution in [3.05, 3.63) is 53.6 Å². The van der Waals surface area contributed by atoms with Gasteiger partial charge in [-0.05, 0) is 12.5 Å². The Morgan fingerprint density at radius 2 is 1.86 bits per heavy atom. The molecule has 0 aromatic heterocycles. The largest absolute Gasteiger partial charge is 0.478 e. The van der Waals surface area contributed by atoms with Crippen LogP contribution in [-0.2, 0) is 4.79 Å². The van der Waals surface area contributed by atoms with Crippen molar-refractivity contribution < 1.29 is 9.90 Å². The number of benzene rings is 1. The molecule has 2 heteroatoms. The predicted molar refractivity (Wildman–Crippen MR) is 56.9 cm³/mol. The second-order valence-electron chi connectivity index (χ2n) is 2.97. The molecule has 1 aromatic rings. The highest BCUT2D eigenvalue weighted by Gasteiger charge is 1.88. The topological polar surface area (TPSA) is 37.3 Å². The fourth-order valence-corrected chi connectivity index (χ4v) is 1.06. The second-order valence-corrected chi connectivity index (χ2v) is 2.97. The maximum absolute atomic E-state index is 10.2. The molecular weight excluding hydrogens is 176 g/mol. The molecule has 14 heavy (non-hydrogen) atoms. The molecule has 1 rings (SSSR count). The Bertz CT molecular complexity index is 361. The van der Waals surface area contributed by atoms with Crippen molar-refractivity contribution in [2.75, 3.05) is 0 Å². The van der Waals surface area contributed by atoms with Crippen molar-refractivity contribution in [3.8, 4) is 0 Å². The summed E-state index contributed by atoms with van der Waals surface area (Å²) in [5.74, 6) is -0.925. The number of carbonyl (C=O) groups is 1. The Morgan fingerprint density at radius 3 is 2.43 bits per heavy atom. The first-order valence-electron chi connectivity index (χ1n) is 4.33. The molecule has 0 atom stereocenters. The van der Waals surface area contributed by atoms with Gasteiger partial charge < -0.3 is 5.11 Å². The predicted octanol–water partition coefficient (Wildman–Crippen LogP) is 2.73. The highest BCUT2D eigenvalue weighted by molar-refractivity contribution is 5.80. The van der Waals surface area contributed by atoms with Crippen molar-refractivity contribution in [2.45, 2.75) is 6.92 Å². The molecule has 0 amide bonds. The number of carboxylic acid groups (broad SMARTS) is 1. The molecule has 0 heterocycles. The summed E-state index contributed by atoms with van der Waals surface area (Å²) in [6.07, 6.45) is 4.64. The smallest absolute Gasteiger partial charge is 0.328 e. The first-order valence-corrected chi connectivity index (χ1v) is 4.33. The summed E-state index contributed by atoms with van der Waals surface area (Å²) in [4.78, 5) is 10.2. The quantitative estimate of drug-likeness (QED) is 0.585. The summed E-state index contributed by atoms with van der Waals surface area (Å²) < 4.78 is 0. The Morgan fingerprint density at radius 1 is 1.21 bits per heavy atom. The highest BCUT2D eigenvalue weighted by Crippen LogP contribution is 2.06. The molecule has 0 aliphatic heterocycles. The summed E-state index contributed by atoms with van der Waals surface area (Å²) in [5, 5.41) is 8.41. The van der Waals surface area contributed by atoms with Gasteiger partial charge in [-0.15, -0.1) is 0 Å². The number of allylic oxidation sites excluding steroid dienone is 2. The van der Waals surface area contributed by atoms with E-state index in [9.17, 15) is 4.79 Å². The normalized spacial score (nSPS) is 11.9. The standard InChI is InChI=1S/C12H12O2/c1-10(7-8-12(13)14)9-11-5-3-2-4-6-11/h2-9H,1H3,(H,13,14)/b8-7-,10-9+. The zero-order valence-corrected chi connectivity index (χ0v) is 7.97. The summed E-state index contributed by atoms with van der Waals surface area (Å²) >= 11 is 0. The maximum Gasteiger partial charge on any atom is 0.328 e. The van der Waals surface area contributed by atoms with Gasteiger partial charge >= 0.3 is 5.97 Å². The molecule has 0 aliphatic rings. The lowest BCUT2D eigenvalue weighted by atomic mass is 10.1. The van der Waals surface area contributed by atoms with Gasteiger partial charge in [0.1, 0.15) is 0 Å². The van der Waals surface area contributed by atoms with Gasteiger partial charge in [-0.3, -0.25) is 0 Å². The van der Waals surface area contributed by atoms with Crippen LogP contribution >= 0.6 is 0 Å². The van der Waals surface area contributed by atoms with Crippen molar-refractivity contribution in [3.63, 3.8) is 0 Å². The SMILES string of the molecule is CC(/C=C\C(=O)O)=C\c1ccccc1. The van der Waals surface area contributed by atoms with Gasteiger partial charge in [0.2, 0.25) is 0 Å². The zero-order valence-electron chi connectivity index (χ0n) is 7.97. The third kappa shape index (κ3) is 3.72. The molecule has 0 saturated heterocycles. The van der Waals surface area contributed by atoms with E-state index >= 15 is 0 Å². The third-order valence-corrected chi connectivity index (χ3v) is 1.68. The molecule has 2 nitrogen and oxygen atoms in total. The van der Waals surface area contributed by atoms with E-state index in [0.29, 0.717) is 0 Å². The minimum atomic E-state index is -0.925.